The molecule has 0 saturated heterocycles. The molecule has 0 aliphatic carbocycles. The Balaban J connectivity index is 3.78. The lowest BCUT2D eigenvalue weighted by molar-refractivity contribution is -0.139. The van der Waals surface area contributed by atoms with Crippen LogP contribution in [0.5, 0.6) is 0 Å². The predicted molar refractivity (Wildman–Crippen MR) is 83.4 cm³/mol. The van der Waals surface area contributed by atoms with E-state index in [4.69, 9.17) is 4.74 Å². The smallest absolute Gasteiger partial charge is 0.333 e. The molecule has 0 aliphatic rings. The third-order valence-corrected chi connectivity index (χ3v) is 4.56. The molecule has 0 spiro atoms. The maximum Gasteiger partial charge on any atom is 0.333 e. The second-order valence-electron chi connectivity index (χ2n) is 5.30. The molecule has 118 valence electrons. The number of hydrogen-bond acceptors (Lipinski definition) is 3. The molecule has 0 heterocycles. The molecule has 0 fully saturated rings. The van der Waals surface area contributed by atoms with Crippen molar-refractivity contribution in [2.24, 2.45) is 0 Å². The molecule has 0 saturated carbocycles. The van der Waals surface area contributed by atoms with E-state index in [2.05, 4.69) is 13.5 Å². The lowest BCUT2D eigenvalue weighted by Gasteiger charge is -2.13. The van der Waals surface area contributed by atoms with Crippen LogP contribution in [0.4, 0.5) is 0 Å². The van der Waals surface area contributed by atoms with E-state index in [0.717, 1.165) is 19.3 Å². The fraction of sp³-hybridized carbons (Fsp3) is 0.800. The first kappa shape index (κ1) is 19.4. The SMILES string of the molecule is C=C(C)C(=O)OCCCC(CCCCCCC)[PH](=O)O. The number of unbranched alkanes of at least 4 members (excludes halogenated alkanes) is 4. The van der Waals surface area contributed by atoms with Gasteiger partial charge in [-0.2, -0.15) is 0 Å². The van der Waals surface area contributed by atoms with Gasteiger partial charge in [0.2, 0.25) is 0 Å². The number of carbonyl (C=O) groups excluding carboxylic acids is 1. The molecular weight excluding hydrogens is 275 g/mol. The molecule has 0 amide bonds. The zero-order valence-corrected chi connectivity index (χ0v) is 13.8. The molecule has 0 aromatic carbocycles. The Morgan fingerprint density at radius 3 is 2.35 bits per heavy atom. The van der Waals surface area contributed by atoms with Crippen molar-refractivity contribution >= 4 is 14.0 Å². The number of esters is 1. The molecule has 0 radical (unpaired) electrons. The maximum absolute atomic E-state index is 11.3. The van der Waals surface area contributed by atoms with Crippen molar-refractivity contribution in [3.05, 3.63) is 12.2 Å². The monoisotopic (exact) mass is 304 g/mol. The summed E-state index contributed by atoms with van der Waals surface area (Å²) in [6.45, 7) is 7.57. The number of rotatable bonds is 12. The summed E-state index contributed by atoms with van der Waals surface area (Å²) in [5, 5.41) is 0. The van der Waals surface area contributed by atoms with Crippen LogP contribution in [0.2, 0.25) is 0 Å². The van der Waals surface area contributed by atoms with Crippen molar-refractivity contribution in [1.29, 1.82) is 0 Å². The minimum atomic E-state index is -2.49. The summed E-state index contributed by atoms with van der Waals surface area (Å²) in [5.74, 6) is -0.391. The summed E-state index contributed by atoms with van der Waals surface area (Å²) >= 11 is 0. The second-order valence-corrected chi connectivity index (χ2v) is 6.79. The van der Waals surface area contributed by atoms with Crippen molar-refractivity contribution in [3.63, 3.8) is 0 Å². The summed E-state index contributed by atoms with van der Waals surface area (Å²) in [5.41, 5.74) is 0.248. The summed E-state index contributed by atoms with van der Waals surface area (Å²) in [4.78, 5) is 20.5. The van der Waals surface area contributed by atoms with Gasteiger partial charge in [0, 0.05) is 11.2 Å². The van der Waals surface area contributed by atoms with Crippen molar-refractivity contribution in [3.8, 4) is 0 Å². The van der Waals surface area contributed by atoms with Crippen LogP contribution in [0.25, 0.3) is 0 Å². The van der Waals surface area contributed by atoms with Crippen LogP contribution in [0, 0.1) is 0 Å². The van der Waals surface area contributed by atoms with Crippen LogP contribution in [0.1, 0.15) is 65.2 Å². The summed E-state index contributed by atoms with van der Waals surface area (Å²) in [6, 6.07) is 0. The van der Waals surface area contributed by atoms with Crippen LogP contribution >= 0.6 is 8.03 Å². The van der Waals surface area contributed by atoms with Gasteiger partial charge in [-0.25, -0.2) is 4.79 Å². The van der Waals surface area contributed by atoms with Gasteiger partial charge in [0.25, 0.3) is 0 Å². The van der Waals surface area contributed by atoms with Gasteiger partial charge < -0.3 is 9.63 Å². The van der Waals surface area contributed by atoms with Crippen LogP contribution in [0.15, 0.2) is 12.2 Å². The predicted octanol–water partition coefficient (Wildman–Crippen LogP) is 4.08. The van der Waals surface area contributed by atoms with Crippen molar-refractivity contribution < 1.29 is 19.0 Å². The summed E-state index contributed by atoms with van der Waals surface area (Å²) < 4.78 is 16.3. The fourth-order valence-corrected chi connectivity index (χ4v) is 2.91. The van der Waals surface area contributed by atoms with Crippen molar-refractivity contribution in [2.75, 3.05) is 6.61 Å². The highest BCUT2D eigenvalue weighted by atomic mass is 31.1. The van der Waals surface area contributed by atoms with E-state index in [9.17, 15) is 14.3 Å². The van der Waals surface area contributed by atoms with Gasteiger partial charge >= 0.3 is 5.97 Å². The molecule has 2 unspecified atom stereocenters. The van der Waals surface area contributed by atoms with E-state index >= 15 is 0 Å². The Kier molecular flexibility index (Phi) is 11.8. The standard InChI is InChI=1S/C15H29O4P/c1-4-5-6-7-8-10-14(20(17)18)11-9-12-19-15(16)13(2)3/h14,20H,2,4-12H2,1,3H3,(H,17,18). The van der Waals surface area contributed by atoms with Crippen molar-refractivity contribution in [2.45, 2.75) is 70.9 Å². The first-order valence-corrected chi connectivity index (χ1v) is 8.97. The average molecular weight is 304 g/mol. The third-order valence-electron chi connectivity index (χ3n) is 3.28. The quantitative estimate of drug-likeness (QED) is 0.255. The van der Waals surface area contributed by atoms with Gasteiger partial charge in [-0.05, 0) is 26.2 Å². The lowest BCUT2D eigenvalue weighted by Crippen LogP contribution is -2.09. The highest BCUT2D eigenvalue weighted by Gasteiger charge is 2.14. The van der Waals surface area contributed by atoms with Crippen molar-refractivity contribution in [1.82, 2.24) is 0 Å². The largest absolute Gasteiger partial charge is 0.462 e. The molecule has 0 aromatic heterocycles. The molecule has 4 nitrogen and oxygen atoms in total. The molecular formula is C15H29O4P. The highest BCUT2D eigenvalue weighted by molar-refractivity contribution is 7.38. The molecule has 2 atom stereocenters. The zero-order valence-electron chi connectivity index (χ0n) is 12.8. The number of ether oxygens (including phenoxy) is 1. The Morgan fingerprint density at radius 1 is 1.20 bits per heavy atom. The van der Waals surface area contributed by atoms with Crippen LogP contribution in [-0.4, -0.2) is 23.1 Å². The number of carbonyl (C=O) groups is 1. The van der Waals surface area contributed by atoms with Gasteiger partial charge in [0.15, 0.2) is 8.03 Å². The molecule has 1 N–H and O–H groups in total. The average Bonchev–Trinajstić information content (AvgIpc) is 2.39. The first-order chi connectivity index (χ1) is 9.49. The molecule has 20 heavy (non-hydrogen) atoms. The van der Waals surface area contributed by atoms with E-state index < -0.39 is 14.0 Å². The van der Waals surface area contributed by atoms with E-state index in [-0.39, 0.29) is 5.66 Å². The minimum Gasteiger partial charge on any atom is -0.462 e. The molecule has 0 bridgehead atoms. The minimum absolute atomic E-state index is 0.134. The van der Waals surface area contributed by atoms with Gasteiger partial charge in [-0.3, -0.25) is 4.57 Å². The Hall–Kier alpha value is -0.600. The molecule has 5 heteroatoms. The normalized spacial score (nSPS) is 13.8. The fourth-order valence-electron chi connectivity index (χ4n) is 2.00. The van der Waals surface area contributed by atoms with E-state index in [1.165, 1.54) is 19.3 Å². The van der Waals surface area contributed by atoms with Gasteiger partial charge in [0.05, 0.1) is 6.61 Å². The van der Waals surface area contributed by atoms with Crippen LogP contribution in [0.3, 0.4) is 0 Å². The van der Waals surface area contributed by atoms with Crippen LogP contribution in [-0.2, 0) is 14.1 Å². The van der Waals surface area contributed by atoms with Gasteiger partial charge in [-0.1, -0.05) is 45.6 Å². The summed E-state index contributed by atoms with van der Waals surface area (Å²) in [7, 11) is -2.49. The third kappa shape index (κ3) is 10.2. The van der Waals surface area contributed by atoms with Gasteiger partial charge in [0.1, 0.15) is 0 Å². The Labute approximate surface area is 123 Å². The lowest BCUT2D eigenvalue weighted by atomic mass is 10.1. The van der Waals surface area contributed by atoms with E-state index in [0.29, 0.717) is 25.0 Å². The Morgan fingerprint density at radius 2 is 1.80 bits per heavy atom. The molecule has 0 aromatic rings. The van der Waals surface area contributed by atoms with E-state index in [1.54, 1.807) is 6.92 Å². The maximum atomic E-state index is 11.3. The number of hydrogen-bond donors (Lipinski definition) is 1. The molecule has 0 rings (SSSR count). The van der Waals surface area contributed by atoms with Crippen LogP contribution < -0.4 is 0 Å². The zero-order chi connectivity index (χ0) is 15.4. The highest BCUT2D eigenvalue weighted by Crippen LogP contribution is 2.31. The Bertz CT molecular complexity index is 315. The molecule has 0 aliphatic heterocycles. The van der Waals surface area contributed by atoms with E-state index in [1.807, 2.05) is 0 Å². The summed E-state index contributed by atoms with van der Waals surface area (Å²) in [6.07, 6.45) is 7.85. The van der Waals surface area contributed by atoms with Gasteiger partial charge in [-0.15, -0.1) is 0 Å². The second kappa shape index (κ2) is 12.2. The first-order valence-electron chi connectivity index (χ1n) is 7.54. The topological polar surface area (TPSA) is 63.6 Å².